The van der Waals surface area contributed by atoms with Crippen molar-refractivity contribution in [2.24, 2.45) is 0 Å². The second kappa shape index (κ2) is 11.7. The van der Waals surface area contributed by atoms with E-state index in [9.17, 15) is 4.79 Å². The highest BCUT2D eigenvalue weighted by atomic mass is 35.5. The molecule has 1 heterocycles. The Kier molecular flexibility index (Phi) is 8.68. The van der Waals surface area contributed by atoms with Crippen molar-refractivity contribution in [2.75, 3.05) is 17.8 Å². The van der Waals surface area contributed by atoms with Gasteiger partial charge in [-0.15, -0.1) is 11.8 Å². The van der Waals surface area contributed by atoms with E-state index in [1.165, 1.54) is 11.8 Å². The first-order valence-corrected chi connectivity index (χ1v) is 13.9. The van der Waals surface area contributed by atoms with Crippen molar-refractivity contribution in [3.05, 3.63) is 86.7 Å². The van der Waals surface area contributed by atoms with Gasteiger partial charge in [-0.1, -0.05) is 65.4 Å². The number of amides is 1. The van der Waals surface area contributed by atoms with Crippen molar-refractivity contribution in [1.29, 1.82) is 0 Å². The molecule has 3 aromatic carbocycles. The van der Waals surface area contributed by atoms with Gasteiger partial charge in [0.05, 0.1) is 27.2 Å². The van der Waals surface area contributed by atoms with Crippen molar-refractivity contribution in [3.8, 4) is 11.5 Å². The molecular formula is C26H21Cl2NO3S3. The van der Waals surface area contributed by atoms with Crippen LogP contribution >= 0.6 is 58.9 Å². The number of hydrogen-bond acceptors (Lipinski definition) is 6. The SMILES string of the molecule is CCOc1cc(/C=C2/SC(=S)N(c3cccc(SC)c3)C2=O)ccc1OCc1ccc(Cl)c(Cl)c1. The van der Waals surface area contributed by atoms with E-state index in [0.717, 1.165) is 21.7 Å². The Morgan fingerprint density at radius 3 is 2.60 bits per heavy atom. The highest BCUT2D eigenvalue weighted by Crippen LogP contribution is 2.38. The number of hydrogen-bond donors (Lipinski definition) is 0. The van der Waals surface area contributed by atoms with Crippen LogP contribution in [0.3, 0.4) is 0 Å². The van der Waals surface area contributed by atoms with Crippen LogP contribution in [0.4, 0.5) is 5.69 Å². The van der Waals surface area contributed by atoms with Crippen LogP contribution in [0.15, 0.2) is 70.5 Å². The predicted octanol–water partition coefficient (Wildman–Crippen LogP) is 8.10. The minimum Gasteiger partial charge on any atom is -0.490 e. The largest absolute Gasteiger partial charge is 0.490 e. The van der Waals surface area contributed by atoms with Gasteiger partial charge in [-0.2, -0.15) is 0 Å². The molecule has 1 saturated heterocycles. The molecule has 0 atom stereocenters. The molecule has 1 amide bonds. The average Bonchev–Trinajstić information content (AvgIpc) is 3.13. The highest BCUT2D eigenvalue weighted by molar-refractivity contribution is 8.27. The summed E-state index contributed by atoms with van der Waals surface area (Å²) in [6.45, 7) is 2.69. The van der Waals surface area contributed by atoms with Gasteiger partial charge < -0.3 is 9.47 Å². The molecule has 1 aliphatic rings. The maximum Gasteiger partial charge on any atom is 0.270 e. The number of nitrogens with zero attached hydrogens (tertiary/aromatic N) is 1. The summed E-state index contributed by atoms with van der Waals surface area (Å²) < 4.78 is 12.3. The molecule has 1 fully saturated rings. The number of carbonyl (C=O) groups is 1. The second-order valence-electron chi connectivity index (χ2n) is 7.39. The van der Waals surface area contributed by atoms with Crippen molar-refractivity contribution in [1.82, 2.24) is 0 Å². The molecule has 4 nitrogen and oxygen atoms in total. The van der Waals surface area contributed by atoms with Crippen molar-refractivity contribution < 1.29 is 14.3 Å². The van der Waals surface area contributed by atoms with Crippen molar-refractivity contribution >= 4 is 80.9 Å². The van der Waals surface area contributed by atoms with Crippen LogP contribution in [0.1, 0.15) is 18.1 Å². The van der Waals surface area contributed by atoms with Crippen LogP contribution in [0.5, 0.6) is 11.5 Å². The molecule has 35 heavy (non-hydrogen) atoms. The first kappa shape index (κ1) is 25.9. The Bertz CT molecular complexity index is 1310. The molecule has 0 saturated carbocycles. The Morgan fingerprint density at radius 1 is 1.03 bits per heavy atom. The molecule has 9 heteroatoms. The quantitative estimate of drug-likeness (QED) is 0.157. The number of anilines is 1. The Morgan fingerprint density at radius 2 is 1.86 bits per heavy atom. The molecule has 3 aromatic rings. The van der Waals surface area contributed by atoms with E-state index in [1.54, 1.807) is 28.8 Å². The molecule has 180 valence electrons. The minimum absolute atomic E-state index is 0.142. The van der Waals surface area contributed by atoms with Crippen LogP contribution in [0, 0.1) is 0 Å². The van der Waals surface area contributed by atoms with Gasteiger partial charge in [-0.05, 0) is 72.8 Å². The summed E-state index contributed by atoms with van der Waals surface area (Å²) in [4.78, 5) is 16.4. The zero-order valence-electron chi connectivity index (χ0n) is 18.9. The lowest BCUT2D eigenvalue weighted by Gasteiger charge is -2.15. The molecule has 0 spiro atoms. The third-order valence-corrected chi connectivity index (χ3v) is 7.82. The zero-order chi connectivity index (χ0) is 24.9. The molecule has 0 unspecified atom stereocenters. The van der Waals surface area contributed by atoms with Crippen molar-refractivity contribution in [3.63, 3.8) is 0 Å². The molecule has 0 aromatic heterocycles. The molecule has 0 radical (unpaired) electrons. The Hall–Kier alpha value is -2.16. The van der Waals surface area contributed by atoms with Gasteiger partial charge >= 0.3 is 0 Å². The van der Waals surface area contributed by atoms with E-state index >= 15 is 0 Å². The summed E-state index contributed by atoms with van der Waals surface area (Å²) in [5.74, 6) is 1.04. The second-order valence-corrected chi connectivity index (χ2v) is 10.8. The summed E-state index contributed by atoms with van der Waals surface area (Å²) in [5, 5.41) is 0.975. The summed E-state index contributed by atoms with van der Waals surface area (Å²) in [5.41, 5.74) is 2.47. The van der Waals surface area contributed by atoms with Crippen LogP contribution in [0.2, 0.25) is 10.0 Å². The normalized spacial score (nSPS) is 14.6. The van der Waals surface area contributed by atoms with E-state index in [-0.39, 0.29) is 5.91 Å². The third kappa shape index (κ3) is 6.16. The van der Waals surface area contributed by atoms with Gasteiger partial charge in [-0.3, -0.25) is 9.69 Å². The molecule has 0 N–H and O–H groups in total. The maximum absolute atomic E-state index is 13.2. The first-order valence-electron chi connectivity index (χ1n) is 10.6. The topological polar surface area (TPSA) is 38.8 Å². The highest BCUT2D eigenvalue weighted by Gasteiger charge is 2.33. The summed E-state index contributed by atoms with van der Waals surface area (Å²) in [6.07, 6.45) is 3.82. The predicted molar refractivity (Wildman–Crippen MR) is 152 cm³/mol. The van der Waals surface area contributed by atoms with Crippen molar-refractivity contribution in [2.45, 2.75) is 18.4 Å². The summed E-state index contributed by atoms with van der Waals surface area (Å²) >= 11 is 20.5. The molecular weight excluding hydrogens is 541 g/mol. The molecule has 1 aliphatic heterocycles. The third-order valence-electron chi connectivity index (χ3n) is 5.05. The lowest BCUT2D eigenvalue weighted by atomic mass is 10.1. The number of thiocarbonyl (C=S) groups is 1. The minimum atomic E-state index is -0.142. The summed E-state index contributed by atoms with van der Waals surface area (Å²) in [6, 6.07) is 18.7. The van der Waals surface area contributed by atoms with Gasteiger partial charge in [0.1, 0.15) is 6.61 Å². The number of benzene rings is 3. The van der Waals surface area contributed by atoms with Gasteiger partial charge in [0.2, 0.25) is 0 Å². The summed E-state index contributed by atoms with van der Waals surface area (Å²) in [7, 11) is 0. The lowest BCUT2D eigenvalue weighted by molar-refractivity contribution is -0.113. The van der Waals surface area contributed by atoms with Crippen LogP contribution in [-0.2, 0) is 11.4 Å². The van der Waals surface area contributed by atoms with Gasteiger partial charge in [-0.25, -0.2) is 0 Å². The van der Waals surface area contributed by atoms with E-state index < -0.39 is 0 Å². The van der Waals surface area contributed by atoms with E-state index in [1.807, 2.05) is 67.8 Å². The van der Waals surface area contributed by atoms with Gasteiger partial charge in [0.15, 0.2) is 15.8 Å². The molecule has 4 rings (SSSR count). The monoisotopic (exact) mass is 561 g/mol. The fourth-order valence-electron chi connectivity index (χ4n) is 3.38. The first-order chi connectivity index (χ1) is 16.9. The molecule has 0 bridgehead atoms. The Balaban J connectivity index is 1.55. The smallest absolute Gasteiger partial charge is 0.270 e. The number of thioether (sulfide) groups is 2. The number of ether oxygens (including phenoxy) is 2. The number of carbonyl (C=O) groups excluding carboxylic acids is 1. The maximum atomic E-state index is 13.2. The lowest BCUT2D eigenvalue weighted by Crippen LogP contribution is -2.27. The number of halogens is 2. The van der Waals surface area contributed by atoms with Crippen LogP contribution in [-0.4, -0.2) is 23.1 Å². The average molecular weight is 563 g/mol. The fraction of sp³-hybridized carbons (Fsp3) is 0.154. The zero-order valence-corrected chi connectivity index (χ0v) is 22.9. The number of rotatable bonds is 8. The van der Waals surface area contributed by atoms with Crippen LogP contribution in [0.25, 0.3) is 6.08 Å². The van der Waals surface area contributed by atoms with Crippen LogP contribution < -0.4 is 14.4 Å². The fourth-order valence-corrected chi connectivity index (χ4v) is 5.46. The molecule has 0 aliphatic carbocycles. The van der Waals surface area contributed by atoms with E-state index in [4.69, 9.17) is 44.9 Å². The van der Waals surface area contributed by atoms with Gasteiger partial charge in [0, 0.05) is 4.90 Å². The van der Waals surface area contributed by atoms with Gasteiger partial charge in [0.25, 0.3) is 5.91 Å². The van der Waals surface area contributed by atoms with E-state index in [0.29, 0.717) is 44.0 Å². The van der Waals surface area contributed by atoms with E-state index in [2.05, 4.69) is 0 Å². The standard InChI is InChI=1S/C26H21Cl2NO3S3/c1-3-31-23-12-16(8-10-22(23)32-15-17-7-9-20(27)21(28)11-17)13-24-25(30)29(26(33)35-24)18-5-4-6-19(14-18)34-2/h4-14H,3,15H2,1-2H3/b24-13+. The Labute approximate surface area is 228 Å².